The fraction of sp³-hybridized carbons (Fsp3) is 0.450. The van der Waals surface area contributed by atoms with E-state index < -0.39 is 10.0 Å². The van der Waals surface area contributed by atoms with Gasteiger partial charge in [-0.15, -0.1) is 11.3 Å². The first-order valence-corrected chi connectivity index (χ1v) is 12.3. The number of fused-ring (bicyclic) bond motifs is 1. The summed E-state index contributed by atoms with van der Waals surface area (Å²) in [6, 6.07) is 5.08. The van der Waals surface area contributed by atoms with E-state index in [0.717, 1.165) is 36.3 Å². The Hall–Kier alpha value is -2.30. The average Bonchev–Trinajstić information content (AvgIpc) is 3.29. The average molecular weight is 448 g/mol. The Balaban J connectivity index is 1.50. The summed E-state index contributed by atoms with van der Waals surface area (Å²) >= 11 is 1.40. The van der Waals surface area contributed by atoms with Gasteiger partial charge < -0.3 is 9.88 Å². The van der Waals surface area contributed by atoms with E-state index in [1.165, 1.54) is 11.3 Å². The Morgan fingerprint density at radius 2 is 1.97 bits per heavy atom. The number of amides is 1. The molecule has 10 heteroatoms. The first-order valence-electron chi connectivity index (χ1n) is 10.0. The van der Waals surface area contributed by atoms with Crippen molar-refractivity contribution < 1.29 is 13.2 Å². The van der Waals surface area contributed by atoms with Crippen molar-refractivity contribution in [2.24, 2.45) is 7.05 Å². The number of sulfonamides is 1. The van der Waals surface area contributed by atoms with Crippen molar-refractivity contribution >= 4 is 43.4 Å². The summed E-state index contributed by atoms with van der Waals surface area (Å²) in [5, 5.41) is 5.28. The maximum atomic E-state index is 12.9. The van der Waals surface area contributed by atoms with E-state index in [4.69, 9.17) is 0 Å². The third kappa shape index (κ3) is 4.26. The summed E-state index contributed by atoms with van der Waals surface area (Å²) in [6.07, 6.45) is 3.60. The molecule has 160 valence electrons. The molecule has 0 saturated carbocycles. The van der Waals surface area contributed by atoms with E-state index in [-0.39, 0.29) is 17.2 Å². The monoisotopic (exact) mass is 447 g/mol. The van der Waals surface area contributed by atoms with Crippen LogP contribution in [0.3, 0.4) is 0 Å². The summed E-state index contributed by atoms with van der Waals surface area (Å²) in [5.74, 6) is 0.618. The molecule has 0 aliphatic carbocycles. The summed E-state index contributed by atoms with van der Waals surface area (Å²) < 4.78 is 29.4. The molecule has 2 aromatic heterocycles. The molecular formula is C20H25N5O3S2. The number of benzene rings is 1. The van der Waals surface area contributed by atoms with Crippen LogP contribution in [0.5, 0.6) is 0 Å². The number of rotatable bonds is 6. The highest BCUT2D eigenvalue weighted by molar-refractivity contribution is 7.89. The van der Waals surface area contributed by atoms with E-state index >= 15 is 0 Å². The molecule has 1 fully saturated rings. The third-order valence-electron chi connectivity index (χ3n) is 5.34. The fourth-order valence-electron chi connectivity index (χ4n) is 3.69. The first-order chi connectivity index (χ1) is 14.3. The molecule has 1 aromatic carbocycles. The summed E-state index contributed by atoms with van der Waals surface area (Å²) in [7, 11) is -1.62. The molecular weight excluding hydrogens is 422 g/mol. The molecule has 3 aromatic rings. The fourth-order valence-corrected chi connectivity index (χ4v) is 5.93. The predicted molar refractivity (Wildman–Crippen MR) is 117 cm³/mol. The Morgan fingerprint density at radius 3 is 2.67 bits per heavy atom. The van der Waals surface area contributed by atoms with Crippen molar-refractivity contribution in [2.75, 3.05) is 18.4 Å². The lowest BCUT2D eigenvalue weighted by molar-refractivity contribution is -0.116. The van der Waals surface area contributed by atoms with Crippen LogP contribution in [0.2, 0.25) is 0 Å². The molecule has 30 heavy (non-hydrogen) atoms. The predicted octanol–water partition coefficient (Wildman–Crippen LogP) is 3.08. The number of anilines is 1. The largest absolute Gasteiger partial charge is 0.331 e. The minimum atomic E-state index is -3.50. The van der Waals surface area contributed by atoms with Crippen molar-refractivity contribution in [1.82, 2.24) is 18.8 Å². The molecule has 0 radical (unpaired) electrons. The molecule has 1 saturated heterocycles. The topological polar surface area (TPSA) is 97.2 Å². The van der Waals surface area contributed by atoms with Gasteiger partial charge in [0.2, 0.25) is 15.9 Å². The number of imidazole rings is 1. The van der Waals surface area contributed by atoms with Gasteiger partial charge in [0.05, 0.1) is 21.6 Å². The lowest BCUT2D eigenvalue weighted by atomic mass is 10.2. The second-order valence-electron chi connectivity index (χ2n) is 7.54. The lowest BCUT2D eigenvalue weighted by Crippen LogP contribution is -2.35. The number of hydrogen-bond donors (Lipinski definition) is 1. The van der Waals surface area contributed by atoms with Gasteiger partial charge in [-0.2, -0.15) is 4.31 Å². The zero-order chi connectivity index (χ0) is 21.3. The van der Waals surface area contributed by atoms with Crippen LogP contribution in [0.4, 0.5) is 5.13 Å². The van der Waals surface area contributed by atoms with E-state index in [9.17, 15) is 13.2 Å². The van der Waals surface area contributed by atoms with Gasteiger partial charge in [-0.25, -0.2) is 18.4 Å². The quantitative estimate of drug-likeness (QED) is 0.626. The van der Waals surface area contributed by atoms with Crippen LogP contribution in [-0.4, -0.2) is 46.3 Å². The molecule has 3 heterocycles. The van der Waals surface area contributed by atoms with Gasteiger partial charge in [-0.3, -0.25) is 4.79 Å². The Labute approximate surface area is 180 Å². The normalized spacial score (nSPS) is 15.5. The lowest BCUT2D eigenvalue weighted by Gasteiger charge is -2.25. The highest BCUT2D eigenvalue weighted by Gasteiger charge is 2.26. The zero-order valence-electron chi connectivity index (χ0n) is 17.1. The molecule has 1 N–H and O–H groups in total. The number of piperidine rings is 1. The molecule has 1 aliphatic heterocycles. The number of thiazole rings is 1. The highest BCUT2D eigenvalue weighted by Crippen LogP contribution is 2.25. The number of carbonyl (C=O) groups excluding carboxylic acids is 1. The van der Waals surface area contributed by atoms with Gasteiger partial charge in [-0.1, -0.05) is 6.42 Å². The second-order valence-corrected chi connectivity index (χ2v) is 10.3. The van der Waals surface area contributed by atoms with Crippen LogP contribution in [0, 0.1) is 6.92 Å². The Morgan fingerprint density at radius 1 is 1.20 bits per heavy atom. The molecule has 0 atom stereocenters. The highest BCUT2D eigenvalue weighted by atomic mass is 32.2. The number of carbonyl (C=O) groups is 1. The van der Waals surface area contributed by atoms with E-state index in [1.807, 2.05) is 23.9 Å². The second kappa shape index (κ2) is 8.44. The van der Waals surface area contributed by atoms with Crippen LogP contribution < -0.4 is 5.32 Å². The van der Waals surface area contributed by atoms with Gasteiger partial charge in [-0.05, 0) is 38.0 Å². The number of aromatic nitrogens is 3. The summed E-state index contributed by atoms with van der Waals surface area (Å²) in [6.45, 7) is 3.02. The van der Waals surface area contributed by atoms with E-state index in [2.05, 4.69) is 15.3 Å². The Bertz CT molecular complexity index is 1180. The third-order valence-corrected chi connectivity index (χ3v) is 8.11. The molecule has 1 amide bonds. The van der Waals surface area contributed by atoms with Gasteiger partial charge in [0, 0.05) is 38.4 Å². The SMILES string of the molecule is Cc1csc(NC(=O)CCc2nc3cc(S(=O)(=O)N4CCCCC4)ccc3n2C)n1. The standard InChI is InChI=1S/C20H25N5O3S2/c1-14-13-29-20(21-14)23-19(26)9-8-18-22-16-12-15(6-7-17(16)24(18)2)30(27,28)25-10-4-3-5-11-25/h6-7,12-13H,3-5,8-11H2,1-2H3,(H,21,23,26). The van der Waals surface area contributed by atoms with Gasteiger partial charge >= 0.3 is 0 Å². The molecule has 8 nitrogen and oxygen atoms in total. The molecule has 0 unspecified atom stereocenters. The van der Waals surface area contributed by atoms with Crippen LogP contribution in [0.1, 0.15) is 37.2 Å². The molecule has 0 spiro atoms. The maximum absolute atomic E-state index is 12.9. The number of hydrogen-bond acceptors (Lipinski definition) is 6. The van der Waals surface area contributed by atoms with Crippen LogP contribution in [-0.2, 0) is 28.3 Å². The van der Waals surface area contributed by atoms with E-state index in [0.29, 0.717) is 30.2 Å². The molecule has 1 aliphatic rings. The number of nitrogens with zero attached hydrogens (tertiary/aromatic N) is 4. The summed E-state index contributed by atoms with van der Waals surface area (Å²) in [4.78, 5) is 21.3. The van der Waals surface area contributed by atoms with Crippen LogP contribution in [0.25, 0.3) is 11.0 Å². The first kappa shape index (κ1) is 21.0. The van der Waals surface area contributed by atoms with Gasteiger partial charge in [0.15, 0.2) is 5.13 Å². The molecule has 0 bridgehead atoms. The number of nitrogens with one attached hydrogen (secondary N) is 1. The van der Waals surface area contributed by atoms with Crippen molar-refractivity contribution in [3.05, 3.63) is 35.1 Å². The smallest absolute Gasteiger partial charge is 0.243 e. The number of aryl methyl sites for hydroxylation is 3. The van der Waals surface area contributed by atoms with Crippen molar-refractivity contribution in [1.29, 1.82) is 0 Å². The van der Waals surface area contributed by atoms with Crippen LogP contribution in [0.15, 0.2) is 28.5 Å². The minimum absolute atomic E-state index is 0.121. The summed E-state index contributed by atoms with van der Waals surface area (Å²) in [5.41, 5.74) is 2.35. The van der Waals surface area contributed by atoms with Gasteiger partial charge in [0.1, 0.15) is 5.82 Å². The van der Waals surface area contributed by atoms with Gasteiger partial charge in [0.25, 0.3) is 0 Å². The zero-order valence-corrected chi connectivity index (χ0v) is 18.7. The van der Waals surface area contributed by atoms with Crippen molar-refractivity contribution in [3.63, 3.8) is 0 Å². The molecule has 4 rings (SSSR count). The Kier molecular flexibility index (Phi) is 5.90. The van der Waals surface area contributed by atoms with Crippen LogP contribution >= 0.6 is 11.3 Å². The maximum Gasteiger partial charge on any atom is 0.243 e. The van der Waals surface area contributed by atoms with Crippen molar-refractivity contribution in [2.45, 2.75) is 43.9 Å². The van der Waals surface area contributed by atoms with Crippen molar-refractivity contribution in [3.8, 4) is 0 Å². The minimum Gasteiger partial charge on any atom is -0.331 e. The van der Waals surface area contributed by atoms with E-state index in [1.54, 1.807) is 22.5 Å².